The van der Waals surface area contributed by atoms with Gasteiger partial charge in [-0.2, -0.15) is 0 Å². The predicted octanol–water partition coefficient (Wildman–Crippen LogP) is 4.37. The first-order valence-electron chi connectivity index (χ1n) is 14.5. The van der Waals surface area contributed by atoms with E-state index in [9.17, 15) is 24.0 Å². The van der Waals surface area contributed by atoms with Crippen LogP contribution in [-0.4, -0.2) is 75.6 Å². The first-order chi connectivity index (χ1) is 21.5. The summed E-state index contributed by atoms with van der Waals surface area (Å²) in [4.78, 5) is 69.1. The molecule has 12 nitrogen and oxygen atoms in total. The fourth-order valence-corrected chi connectivity index (χ4v) is 6.91. The van der Waals surface area contributed by atoms with Crippen molar-refractivity contribution >= 4 is 73.3 Å². The average Bonchev–Trinajstić information content (AvgIpc) is 3.60. The fraction of sp³-hybridized carbons (Fsp3) is 0.303. The Kier molecular flexibility index (Phi) is 6.44. The Morgan fingerprint density at radius 1 is 0.756 bits per heavy atom. The lowest BCUT2D eigenvalue weighted by Crippen LogP contribution is -2.58. The first-order valence-corrected chi connectivity index (χ1v) is 14.5. The van der Waals surface area contributed by atoms with Crippen LogP contribution in [0.1, 0.15) is 54.6 Å². The molecular weight excluding hydrogens is 582 g/mol. The van der Waals surface area contributed by atoms with Crippen LogP contribution in [0.3, 0.4) is 0 Å². The third-order valence-electron chi connectivity index (χ3n) is 8.55. The predicted molar refractivity (Wildman–Crippen MR) is 161 cm³/mol. The number of carbonyl (C=O) groups excluding carboxylic acids is 5. The van der Waals surface area contributed by atoms with Gasteiger partial charge in [0.05, 0.1) is 33.8 Å². The van der Waals surface area contributed by atoms with Gasteiger partial charge in [-0.25, -0.2) is 0 Å². The topological polar surface area (TPSA) is 146 Å². The van der Waals surface area contributed by atoms with Gasteiger partial charge in [0.25, 0.3) is 11.8 Å². The number of carbonyl (C=O) groups is 5. The van der Waals surface area contributed by atoms with E-state index in [1.165, 1.54) is 27.8 Å². The number of para-hydroxylation sites is 2. The number of nitrogens with zero attached hydrogens (tertiary/aromatic N) is 2. The van der Waals surface area contributed by atoms with Gasteiger partial charge in [0.2, 0.25) is 0 Å². The molecule has 12 heteroatoms. The molecule has 5 aromatic rings. The summed E-state index contributed by atoms with van der Waals surface area (Å²) in [6.07, 6.45) is -5.56. The fourth-order valence-electron chi connectivity index (χ4n) is 6.91. The SMILES string of the molecule is CC(=O)O[C@@H]1[C@H](OC(C)=O)[C@H](C)O[C@H](n2c3ccccc3c3c4c(c5c6ccccc6[nH]c5c32)C(=O)N(C)C4=O)[C@H]1OC(C)=O. The van der Waals surface area contributed by atoms with Crippen molar-refractivity contribution in [1.29, 1.82) is 0 Å². The molecule has 2 aliphatic rings. The number of rotatable bonds is 4. The highest BCUT2D eigenvalue weighted by Gasteiger charge is 2.52. The van der Waals surface area contributed by atoms with Crippen LogP contribution in [0.15, 0.2) is 48.5 Å². The van der Waals surface area contributed by atoms with Gasteiger partial charge in [0, 0.05) is 54.9 Å². The average molecular weight is 612 g/mol. The molecule has 5 atom stereocenters. The molecule has 0 saturated carbocycles. The van der Waals surface area contributed by atoms with Crippen molar-refractivity contribution in [3.8, 4) is 0 Å². The van der Waals surface area contributed by atoms with Crippen molar-refractivity contribution in [2.45, 2.75) is 58.3 Å². The quantitative estimate of drug-likeness (QED) is 0.178. The van der Waals surface area contributed by atoms with Crippen LogP contribution in [-0.2, 0) is 33.3 Å². The number of ether oxygens (including phenoxy) is 4. The Labute approximate surface area is 255 Å². The van der Waals surface area contributed by atoms with Crippen LogP contribution in [0.5, 0.6) is 0 Å². The monoisotopic (exact) mass is 611 g/mol. The highest BCUT2D eigenvalue weighted by atomic mass is 16.7. The number of benzene rings is 3. The summed E-state index contributed by atoms with van der Waals surface area (Å²) in [5.41, 5.74) is 3.01. The van der Waals surface area contributed by atoms with Crippen molar-refractivity contribution in [2.24, 2.45) is 0 Å². The Balaban J connectivity index is 1.62. The number of H-pyrrole nitrogens is 1. The highest BCUT2D eigenvalue weighted by Crippen LogP contribution is 2.47. The van der Waals surface area contributed by atoms with Crippen molar-refractivity contribution in [3.05, 3.63) is 59.7 Å². The van der Waals surface area contributed by atoms with Gasteiger partial charge in [0.1, 0.15) is 0 Å². The van der Waals surface area contributed by atoms with E-state index in [0.717, 1.165) is 15.8 Å². The summed E-state index contributed by atoms with van der Waals surface area (Å²) in [6, 6.07) is 14.8. The van der Waals surface area contributed by atoms with Gasteiger partial charge in [-0.05, 0) is 19.1 Å². The molecule has 2 aliphatic heterocycles. The van der Waals surface area contributed by atoms with Crippen LogP contribution in [0, 0.1) is 0 Å². The molecule has 0 spiro atoms. The Morgan fingerprint density at radius 2 is 1.31 bits per heavy atom. The number of aromatic amines is 1. The lowest BCUT2D eigenvalue weighted by atomic mass is 9.96. The highest BCUT2D eigenvalue weighted by molar-refractivity contribution is 6.39. The van der Waals surface area contributed by atoms with E-state index in [-0.39, 0.29) is 5.56 Å². The van der Waals surface area contributed by atoms with Crippen molar-refractivity contribution in [1.82, 2.24) is 14.5 Å². The lowest BCUT2D eigenvalue weighted by Gasteiger charge is -2.44. The maximum atomic E-state index is 13.8. The number of aromatic nitrogens is 2. The van der Waals surface area contributed by atoms with Gasteiger partial charge in [-0.1, -0.05) is 36.4 Å². The summed E-state index contributed by atoms with van der Waals surface area (Å²) in [5, 5.41) is 2.50. The summed E-state index contributed by atoms with van der Waals surface area (Å²) < 4.78 is 25.4. The van der Waals surface area contributed by atoms with Crippen LogP contribution in [0.4, 0.5) is 0 Å². The van der Waals surface area contributed by atoms with Gasteiger partial charge in [0.15, 0.2) is 24.5 Å². The summed E-state index contributed by atoms with van der Waals surface area (Å²) >= 11 is 0. The summed E-state index contributed by atoms with van der Waals surface area (Å²) in [7, 11) is 1.46. The molecule has 2 amide bonds. The summed E-state index contributed by atoms with van der Waals surface area (Å²) in [6.45, 7) is 5.32. The molecule has 1 N–H and O–H groups in total. The molecule has 2 aromatic heterocycles. The van der Waals surface area contributed by atoms with Crippen molar-refractivity contribution in [3.63, 3.8) is 0 Å². The molecule has 0 radical (unpaired) electrons. The largest absolute Gasteiger partial charge is 0.456 e. The van der Waals surface area contributed by atoms with E-state index in [0.29, 0.717) is 38.3 Å². The Bertz CT molecular complexity index is 2130. The van der Waals surface area contributed by atoms with Crippen LogP contribution in [0.2, 0.25) is 0 Å². The Morgan fingerprint density at radius 3 is 1.98 bits per heavy atom. The van der Waals surface area contributed by atoms with Crippen LogP contribution >= 0.6 is 0 Å². The van der Waals surface area contributed by atoms with E-state index >= 15 is 0 Å². The van der Waals surface area contributed by atoms with Gasteiger partial charge in [-0.3, -0.25) is 28.9 Å². The molecule has 0 aliphatic carbocycles. The van der Waals surface area contributed by atoms with Gasteiger partial charge in [-0.15, -0.1) is 0 Å². The zero-order valence-corrected chi connectivity index (χ0v) is 25.1. The smallest absolute Gasteiger partial charge is 0.303 e. The normalized spacial score (nSPS) is 23.2. The molecule has 1 saturated heterocycles. The number of imide groups is 1. The minimum Gasteiger partial charge on any atom is -0.456 e. The minimum atomic E-state index is -1.28. The number of amides is 2. The number of fused-ring (bicyclic) bond motifs is 10. The molecule has 4 heterocycles. The zero-order valence-electron chi connectivity index (χ0n) is 25.1. The first kappa shape index (κ1) is 28.5. The van der Waals surface area contributed by atoms with E-state index in [4.69, 9.17) is 18.9 Å². The third-order valence-corrected chi connectivity index (χ3v) is 8.55. The lowest BCUT2D eigenvalue weighted by molar-refractivity contribution is -0.258. The Hall–Kier alpha value is -5.23. The molecule has 3 aromatic carbocycles. The second kappa shape index (κ2) is 10.2. The van der Waals surface area contributed by atoms with Crippen LogP contribution < -0.4 is 0 Å². The van der Waals surface area contributed by atoms with E-state index in [2.05, 4.69) is 4.98 Å². The molecule has 45 heavy (non-hydrogen) atoms. The molecule has 0 bridgehead atoms. The third kappa shape index (κ3) is 4.12. The van der Waals surface area contributed by atoms with E-state index < -0.39 is 60.4 Å². The molecule has 230 valence electrons. The number of hydrogen-bond acceptors (Lipinski definition) is 9. The standard InChI is InChI=1S/C33H29N3O9/c1-14-28(43-15(2)37)29(44-16(3)38)30(45-17(4)39)33(42-14)36-21-13-9-7-11-19(21)23-25-24(31(40)35(5)32(25)41)22-18-10-6-8-12-20(18)34-26(22)27(23)36/h6-14,28-30,33-34H,1-5H3/t14-,28+,29+,30-,33-/m0/s1. The van der Waals surface area contributed by atoms with E-state index in [1.54, 1.807) is 6.92 Å². The molecule has 1 fully saturated rings. The van der Waals surface area contributed by atoms with Crippen molar-refractivity contribution < 1.29 is 42.9 Å². The number of nitrogens with one attached hydrogen (secondary N) is 1. The van der Waals surface area contributed by atoms with Crippen LogP contribution in [0.25, 0.3) is 43.6 Å². The van der Waals surface area contributed by atoms with Gasteiger partial charge < -0.3 is 28.5 Å². The van der Waals surface area contributed by atoms with E-state index in [1.807, 2.05) is 53.1 Å². The zero-order chi connectivity index (χ0) is 31.9. The molecule has 7 rings (SSSR count). The van der Waals surface area contributed by atoms with Crippen molar-refractivity contribution in [2.75, 3.05) is 7.05 Å². The maximum Gasteiger partial charge on any atom is 0.303 e. The molecule has 0 unspecified atom stereocenters. The molecular formula is C33H29N3O9. The maximum absolute atomic E-state index is 13.8. The second-order valence-corrected chi connectivity index (χ2v) is 11.4. The minimum absolute atomic E-state index is 0.256. The summed E-state index contributed by atoms with van der Waals surface area (Å²) in [5.74, 6) is -2.85. The van der Waals surface area contributed by atoms with Gasteiger partial charge >= 0.3 is 17.9 Å². The number of esters is 3. The second-order valence-electron chi connectivity index (χ2n) is 11.4. The number of hydrogen-bond donors (Lipinski definition) is 1.